The number of hydrazine groups is 1. The number of rotatable bonds is 2. The van der Waals surface area contributed by atoms with E-state index < -0.39 is 0 Å². The van der Waals surface area contributed by atoms with Gasteiger partial charge in [-0.05, 0) is 6.07 Å². The molecule has 0 aliphatic carbocycles. The summed E-state index contributed by atoms with van der Waals surface area (Å²) in [5.41, 5.74) is 3.72. The minimum atomic E-state index is 0.432. The Morgan fingerprint density at radius 3 is 2.62 bits per heavy atom. The summed E-state index contributed by atoms with van der Waals surface area (Å²) in [6.45, 7) is 0. The van der Waals surface area contributed by atoms with Gasteiger partial charge in [-0.25, -0.2) is 10.8 Å². The maximum atomic E-state index is 6.09. The number of nitrogens with zero attached hydrogens (tertiary/aromatic N) is 2. The number of hydrogen-bond acceptors (Lipinski definition) is 4. The Bertz CT molecular complexity index is 516. The number of nitrogens with two attached hydrogens (primary N) is 1. The van der Waals surface area contributed by atoms with Crippen LogP contribution in [-0.4, -0.2) is 9.97 Å². The SMILES string of the molecule is NNc1nccnc1-c1cccc(Cl)c1Cl. The molecule has 0 bridgehead atoms. The van der Waals surface area contributed by atoms with E-state index >= 15 is 0 Å². The fraction of sp³-hybridized carbons (Fsp3) is 0. The van der Waals surface area contributed by atoms with E-state index in [0.29, 0.717) is 27.1 Å². The molecule has 82 valence electrons. The number of hydrogen-bond donors (Lipinski definition) is 2. The molecule has 0 aliphatic heterocycles. The first-order chi connectivity index (χ1) is 7.74. The first-order valence-corrected chi connectivity index (χ1v) is 5.21. The largest absolute Gasteiger partial charge is 0.307 e. The third-order valence-corrected chi connectivity index (χ3v) is 2.86. The average molecular weight is 255 g/mol. The molecule has 0 spiro atoms. The summed E-state index contributed by atoms with van der Waals surface area (Å²) in [4.78, 5) is 8.22. The second-order valence-corrected chi connectivity index (χ2v) is 3.78. The van der Waals surface area contributed by atoms with E-state index in [1.54, 1.807) is 24.4 Å². The Morgan fingerprint density at radius 2 is 1.88 bits per heavy atom. The van der Waals surface area contributed by atoms with Crippen LogP contribution in [0.2, 0.25) is 10.0 Å². The van der Waals surface area contributed by atoms with Gasteiger partial charge in [0.2, 0.25) is 0 Å². The summed E-state index contributed by atoms with van der Waals surface area (Å²) in [5, 5.41) is 0.897. The lowest BCUT2D eigenvalue weighted by Gasteiger charge is -2.08. The molecule has 1 aromatic carbocycles. The van der Waals surface area contributed by atoms with E-state index in [-0.39, 0.29) is 0 Å². The van der Waals surface area contributed by atoms with Crippen molar-refractivity contribution >= 4 is 29.0 Å². The lowest BCUT2D eigenvalue weighted by atomic mass is 10.1. The Labute approximate surface area is 102 Å². The Morgan fingerprint density at radius 1 is 1.12 bits per heavy atom. The quantitative estimate of drug-likeness (QED) is 0.639. The van der Waals surface area contributed by atoms with Gasteiger partial charge in [0.1, 0.15) is 5.69 Å². The zero-order chi connectivity index (χ0) is 11.5. The van der Waals surface area contributed by atoms with Crippen molar-refractivity contribution in [1.29, 1.82) is 0 Å². The van der Waals surface area contributed by atoms with Crippen LogP contribution in [0.1, 0.15) is 0 Å². The van der Waals surface area contributed by atoms with Gasteiger partial charge in [-0.2, -0.15) is 0 Å². The van der Waals surface area contributed by atoms with E-state index in [1.807, 2.05) is 0 Å². The van der Waals surface area contributed by atoms with Crippen LogP contribution in [0, 0.1) is 0 Å². The summed E-state index contributed by atoms with van der Waals surface area (Å²) in [6.07, 6.45) is 3.10. The second-order valence-electron chi connectivity index (χ2n) is 3.00. The summed E-state index contributed by atoms with van der Waals surface area (Å²) in [5.74, 6) is 5.80. The summed E-state index contributed by atoms with van der Waals surface area (Å²) in [6, 6.07) is 5.30. The van der Waals surface area contributed by atoms with E-state index in [0.717, 1.165) is 0 Å². The molecule has 0 saturated heterocycles. The summed E-state index contributed by atoms with van der Waals surface area (Å²) >= 11 is 12.0. The molecule has 0 fully saturated rings. The molecule has 2 aromatic rings. The molecule has 0 saturated carbocycles. The molecule has 1 aromatic heterocycles. The lowest BCUT2D eigenvalue weighted by Crippen LogP contribution is -2.10. The van der Waals surface area contributed by atoms with Crippen molar-refractivity contribution in [1.82, 2.24) is 9.97 Å². The van der Waals surface area contributed by atoms with E-state index in [2.05, 4.69) is 15.4 Å². The minimum Gasteiger partial charge on any atom is -0.307 e. The molecule has 16 heavy (non-hydrogen) atoms. The first kappa shape index (κ1) is 11.1. The predicted molar refractivity (Wildman–Crippen MR) is 65.3 cm³/mol. The van der Waals surface area contributed by atoms with Crippen molar-refractivity contribution in [2.24, 2.45) is 5.84 Å². The molecular formula is C10H8Cl2N4. The van der Waals surface area contributed by atoms with Crippen LogP contribution in [-0.2, 0) is 0 Å². The third-order valence-electron chi connectivity index (χ3n) is 2.04. The van der Waals surface area contributed by atoms with Crippen molar-refractivity contribution in [3.8, 4) is 11.3 Å². The molecule has 0 atom stereocenters. The van der Waals surface area contributed by atoms with Gasteiger partial charge in [0.15, 0.2) is 5.82 Å². The van der Waals surface area contributed by atoms with Crippen molar-refractivity contribution in [3.63, 3.8) is 0 Å². The Hall–Kier alpha value is -1.36. The van der Waals surface area contributed by atoms with E-state index in [1.165, 1.54) is 6.20 Å². The monoisotopic (exact) mass is 254 g/mol. The van der Waals surface area contributed by atoms with Crippen molar-refractivity contribution < 1.29 is 0 Å². The minimum absolute atomic E-state index is 0.432. The molecule has 1 heterocycles. The smallest absolute Gasteiger partial charge is 0.166 e. The third kappa shape index (κ3) is 1.95. The second kappa shape index (κ2) is 4.65. The van der Waals surface area contributed by atoms with Crippen molar-refractivity contribution in [2.75, 3.05) is 5.43 Å². The number of nitrogen functional groups attached to an aromatic ring is 1. The van der Waals surface area contributed by atoms with Crippen LogP contribution in [0.4, 0.5) is 5.82 Å². The van der Waals surface area contributed by atoms with Crippen LogP contribution in [0.3, 0.4) is 0 Å². The van der Waals surface area contributed by atoms with Gasteiger partial charge in [-0.15, -0.1) is 0 Å². The highest BCUT2D eigenvalue weighted by molar-refractivity contribution is 6.43. The molecule has 0 aliphatic rings. The highest BCUT2D eigenvalue weighted by atomic mass is 35.5. The fourth-order valence-corrected chi connectivity index (χ4v) is 1.72. The number of aromatic nitrogens is 2. The number of anilines is 1. The Kier molecular flexibility index (Phi) is 3.24. The molecule has 0 unspecified atom stereocenters. The molecule has 0 radical (unpaired) electrons. The van der Waals surface area contributed by atoms with Gasteiger partial charge < -0.3 is 5.43 Å². The van der Waals surface area contributed by atoms with Crippen LogP contribution >= 0.6 is 23.2 Å². The number of nitrogens with one attached hydrogen (secondary N) is 1. The van der Waals surface area contributed by atoms with Gasteiger partial charge >= 0.3 is 0 Å². The molecule has 6 heteroatoms. The highest BCUT2D eigenvalue weighted by Gasteiger charge is 2.12. The molecular weight excluding hydrogens is 247 g/mol. The van der Waals surface area contributed by atoms with Crippen LogP contribution in [0.5, 0.6) is 0 Å². The van der Waals surface area contributed by atoms with Crippen LogP contribution in [0.15, 0.2) is 30.6 Å². The maximum Gasteiger partial charge on any atom is 0.166 e. The van der Waals surface area contributed by atoms with Crippen LogP contribution in [0.25, 0.3) is 11.3 Å². The van der Waals surface area contributed by atoms with Crippen molar-refractivity contribution in [2.45, 2.75) is 0 Å². The predicted octanol–water partition coefficient (Wildman–Crippen LogP) is 2.74. The van der Waals surface area contributed by atoms with E-state index in [9.17, 15) is 0 Å². The number of halogens is 2. The van der Waals surface area contributed by atoms with Gasteiger partial charge in [-0.1, -0.05) is 35.3 Å². The Balaban J connectivity index is 2.63. The van der Waals surface area contributed by atoms with Gasteiger partial charge in [0.25, 0.3) is 0 Å². The molecule has 0 amide bonds. The van der Waals surface area contributed by atoms with Gasteiger partial charge in [-0.3, -0.25) is 4.98 Å². The topological polar surface area (TPSA) is 63.8 Å². The molecule has 4 nitrogen and oxygen atoms in total. The highest BCUT2D eigenvalue weighted by Crippen LogP contribution is 2.34. The maximum absolute atomic E-state index is 6.09. The first-order valence-electron chi connectivity index (χ1n) is 4.46. The van der Waals surface area contributed by atoms with Gasteiger partial charge in [0, 0.05) is 18.0 Å². The standard InChI is InChI=1S/C10H8Cl2N4/c11-7-3-1-2-6(8(7)12)9-10(16-13)15-5-4-14-9/h1-5H,13H2,(H,15,16). The number of benzene rings is 1. The fourth-order valence-electron chi connectivity index (χ4n) is 1.33. The normalized spacial score (nSPS) is 10.2. The van der Waals surface area contributed by atoms with Gasteiger partial charge in [0.05, 0.1) is 10.0 Å². The summed E-state index contributed by atoms with van der Waals surface area (Å²) < 4.78 is 0. The summed E-state index contributed by atoms with van der Waals surface area (Å²) in [7, 11) is 0. The molecule has 3 N–H and O–H groups in total. The molecule has 2 rings (SSSR count). The zero-order valence-electron chi connectivity index (χ0n) is 8.11. The lowest BCUT2D eigenvalue weighted by molar-refractivity contribution is 1.16. The van der Waals surface area contributed by atoms with Crippen molar-refractivity contribution in [3.05, 3.63) is 40.6 Å². The van der Waals surface area contributed by atoms with E-state index in [4.69, 9.17) is 29.0 Å². The zero-order valence-corrected chi connectivity index (χ0v) is 9.63. The average Bonchev–Trinajstić information content (AvgIpc) is 2.33. The van der Waals surface area contributed by atoms with Crippen LogP contribution < -0.4 is 11.3 Å².